The van der Waals surface area contributed by atoms with Crippen LogP contribution in [0.1, 0.15) is 13.8 Å². The highest BCUT2D eigenvalue weighted by Gasteiger charge is 2.22. The molecule has 1 amide bonds. The zero-order chi connectivity index (χ0) is 18.8. The van der Waals surface area contributed by atoms with E-state index in [1.54, 1.807) is 0 Å². The van der Waals surface area contributed by atoms with E-state index < -0.39 is 28.6 Å². The summed E-state index contributed by atoms with van der Waals surface area (Å²) in [4.78, 5) is 45.0. The molecule has 0 aliphatic rings. The first-order valence-corrected chi connectivity index (χ1v) is 7.13. The van der Waals surface area contributed by atoms with Gasteiger partial charge in [-0.2, -0.15) is 0 Å². The fourth-order valence-corrected chi connectivity index (χ4v) is 1.52. The zero-order valence-electron chi connectivity index (χ0n) is 13.5. The number of anilines is 1. The van der Waals surface area contributed by atoms with Gasteiger partial charge in [-0.1, -0.05) is 12.1 Å². The smallest absolute Gasteiger partial charge is 0.397 e. The van der Waals surface area contributed by atoms with Crippen LogP contribution in [-0.4, -0.2) is 41.8 Å². The molecule has 0 atom stereocenters. The fraction of sp³-hybridized carbons (Fsp3) is 0.286. The van der Waals surface area contributed by atoms with E-state index in [9.17, 15) is 24.5 Å². The summed E-state index contributed by atoms with van der Waals surface area (Å²) in [6, 6.07) is 5.52. The van der Waals surface area contributed by atoms with Crippen LogP contribution in [0.5, 0.6) is 0 Å². The summed E-state index contributed by atoms with van der Waals surface area (Å²) in [5.41, 5.74) is 1.96. The van der Waals surface area contributed by atoms with Crippen LogP contribution in [0.3, 0.4) is 0 Å². The fourth-order valence-electron chi connectivity index (χ4n) is 1.52. The maximum absolute atomic E-state index is 11.8. The quantitative estimate of drug-likeness (QED) is 0.195. The van der Waals surface area contributed by atoms with Gasteiger partial charge in [0, 0.05) is 6.07 Å². The van der Waals surface area contributed by atoms with Crippen molar-refractivity contribution in [3.05, 3.63) is 34.4 Å². The van der Waals surface area contributed by atoms with Crippen molar-refractivity contribution in [3.8, 4) is 0 Å². The number of nitrogens with one attached hydrogen (secondary N) is 2. The third-order valence-electron chi connectivity index (χ3n) is 2.55. The van der Waals surface area contributed by atoms with E-state index in [0.717, 1.165) is 0 Å². The third kappa shape index (κ3) is 5.89. The number of carbonyl (C=O) groups is 3. The van der Waals surface area contributed by atoms with Gasteiger partial charge in [-0.05, 0) is 19.9 Å². The van der Waals surface area contributed by atoms with E-state index in [1.807, 2.05) is 5.32 Å². The number of rotatable bonds is 5. The molecular formula is C14H16N4O7. The predicted molar refractivity (Wildman–Crippen MR) is 85.6 cm³/mol. The molecule has 0 fully saturated rings. The van der Waals surface area contributed by atoms with Crippen molar-refractivity contribution in [1.82, 2.24) is 5.32 Å². The molecule has 11 heteroatoms. The summed E-state index contributed by atoms with van der Waals surface area (Å²) in [5, 5.41) is 16.5. The van der Waals surface area contributed by atoms with Crippen molar-refractivity contribution in [2.45, 2.75) is 13.8 Å². The van der Waals surface area contributed by atoms with Crippen LogP contribution in [0.4, 0.5) is 11.4 Å². The first kappa shape index (κ1) is 19.5. The number of hydrazone groups is 1. The molecule has 0 aliphatic heterocycles. The van der Waals surface area contributed by atoms with Crippen molar-refractivity contribution in [3.63, 3.8) is 0 Å². The predicted octanol–water partition coefficient (Wildman–Crippen LogP) is 0.563. The number of para-hydroxylation sites is 2. The Kier molecular flexibility index (Phi) is 7.50. The molecule has 1 aromatic carbocycles. The average molecular weight is 352 g/mol. The molecular weight excluding hydrogens is 336 g/mol. The second kappa shape index (κ2) is 9.60. The van der Waals surface area contributed by atoms with Gasteiger partial charge in [0.25, 0.3) is 5.69 Å². The number of carbonyl (C=O) groups excluding carboxylic acids is 3. The summed E-state index contributed by atoms with van der Waals surface area (Å²) in [7, 11) is 0. The Hall–Kier alpha value is -3.50. The number of hydrogen-bond acceptors (Lipinski definition) is 9. The van der Waals surface area contributed by atoms with Crippen molar-refractivity contribution in [2.75, 3.05) is 18.6 Å². The SMILES string of the molecule is CCOC(=O)C(=O)N/C(=N\Nc1ccccc1[N+](=O)[O-])C(=O)OCC. The molecule has 25 heavy (non-hydrogen) atoms. The minimum absolute atomic E-state index is 0.0153. The molecule has 0 heterocycles. The Balaban J connectivity index is 3.02. The maximum Gasteiger partial charge on any atom is 0.397 e. The summed E-state index contributed by atoms with van der Waals surface area (Å²) < 4.78 is 9.19. The molecule has 0 unspecified atom stereocenters. The van der Waals surface area contributed by atoms with Gasteiger partial charge < -0.3 is 9.47 Å². The summed E-state index contributed by atoms with van der Waals surface area (Å²) in [5.74, 6) is -4.15. The van der Waals surface area contributed by atoms with Gasteiger partial charge in [-0.3, -0.25) is 25.7 Å². The molecule has 2 N–H and O–H groups in total. The number of nitro groups is 1. The summed E-state index contributed by atoms with van der Waals surface area (Å²) in [6.45, 7) is 2.98. The molecule has 11 nitrogen and oxygen atoms in total. The first-order valence-electron chi connectivity index (χ1n) is 7.13. The molecule has 134 valence electrons. The van der Waals surface area contributed by atoms with E-state index in [0.29, 0.717) is 0 Å². The second-order valence-electron chi connectivity index (χ2n) is 4.24. The first-order chi connectivity index (χ1) is 11.9. The summed E-state index contributed by atoms with van der Waals surface area (Å²) >= 11 is 0. The Bertz CT molecular complexity index is 702. The average Bonchev–Trinajstić information content (AvgIpc) is 2.58. The normalized spacial score (nSPS) is 10.6. The standard InChI is InChI=1S/C14H16N4O7/c1-3-24-13(20)11(15-12(19)14(21)25-4-2)17-16-9-7-5-6-8-10(9)18(22)23/h5-8,16H,3-4H2,1-2H3,(H,15,17,19). The van der Waals surface area contributed by atoms with Gasteiger partial charge in [0.2, 0.25) is 5.84 Å². The number of nitrogens with zero attached hydrogens (tertiary/aromatic N) is 2. The lowest BCUT2D eigenvalue weighted by Gasteiger charge is -2.08. The molecule has 0 spiro atoms. The molecule has 1 aromatic rings. The lowest BCUT2D eigenvalue weighted by molar-refractivity contribution is -0.384. The van der Waals surface area contributed by atoms with Crippen LogP contribution in [0, 0.1) is 10.1 Å². The van der Waals surface area contributed by atoms with Crippen molar-refractivity contribution in [2.24, 2.45) is 5.10 Å². The van der Waals surface area contributed by atoms with Gasteiger partial charge in [-0.25, -0.2) is 9.59 Å². The topological polar surface area (TPSA) is 149 Å². The second-order valence-corrected chi connectivity index (χ2v) is 4.24. The largest absolute Gasteiger partial charge is 0.460 e. The Morgan fingerprint density at radius 2 is 1.72 bits per heavy atom. The number of amidine groups is 1. The highest BCUT2D eigenvalue weighted by molar-refractivity contribution is 6.45. The minimum Gasteiger partial charge on any atom is -0.460 e. The Morgan fingerprint density at radius 1 is 1.12 bits per heavy atom. The van der Waals surface area contributed by atoms with Crippen LogP contribution in [0.15, 0.2) is 29.4 Å². The van der Waals surface area contributed by atoms with Gasteiger partial charge >= 0.3 is 17.8 Å². The lowest BCUT2D eigenvalue weighted by atomic mass is 10.3. The van der Waals surface area contributed by atoms with Gasteiger partial charge in [0.15, 0.2) is 0 Å². The van der Waals surface area contributed by atoms with Gasteiger partial charge in [-0.15, -0.1) is 5.10 Å². The van der Waals surface area contributed by atoms with E-state index in [4.69, 9.17) is 4.74 Å². The minimum atomic E-state index is -1.24. The van der Waals surface area contributed by atoms with Crippen molar-refractivity contribution < 1.29 is 28.8 Å². The number of benzene rings is 1. The molecule has 0 radical (unpaired) electrons. The lowest BCUT2D eigenvalue weighted by Crippen LogP contribution is -2.42. The number of ether oxygens (including phenoxy) is 2. The van der Waals surface area contributed by atoms with Crippen LogP contribution < -0.4 is 10.7 Å². The number of hydrogen-bond donors (Lipinski definition) is 2. The molecule has 0 saturated heterocycles. The van der Waals surface area contributed by atoms with Crippen LogP contribution >= 0.6 is 0 Å². The maximum atomic E-state index is 11.8. The Labute approximate surface area is 142 Å². The molecule has 0 aromatic heterocycles. The highest BCUT2D eigenvalue weighted by atomic mass is 16.6. The molecule has 0 bridgehead atoms. The molecule has 0 aliphatic carbocycles. The van der Waals surface area contributed by atoms with E-state index in [-0.39, 0.29) is 24.6 Å². The van der Waals surface area contributed by atoms with E-state index in [2.05, 4.69) is 15.3 Å². The number of nitro benzene ring substituents is 1. The van der Waals surface area contributed by atoms with Crippen LogP contribution in [-0.2, 0) is 23.9 Å². The zero-order valence-corrected chi connectivity index (χ0v) is 13.5. The highest BCUT2D eigenvalue weighted by Crippen LogP contribution is 2.22. The summed E-state index contributed by atoms with van der Waals surface area (Å²) in [6.07, 6.45) is 0. The van der Waals surface area contributed by atoms with Crippen LogP contribution in [0.25, 0.3) is 0 Å². The number of esters is 2. The van der Waals surface area contributed by atoms with Crippen molar-refractivity contribution in [1.29, 1.82) is 0 Å². The van der Waals surface area contributed by atoms with Crippen LogP contribution in [0.2, 0.25) is 0 Å². The monoisotopic (exact) mass is 352 g/mol. The van der Waals surface area contributed by atoms with E-state index in [1.165, 1.54) is 38.1 Å². The third-order valence-corrected chi connectivity index (χ3v) is 2.55. The van der Waals surface area contributed by atoms with Gasteiger partial charge in [0.1, 0.15) is 5.69 Å². The molecule has 1 rings (SSSR count). The van der Waals surface area contributed by atoms with Gasteiger partial charge in [0.05, 0.1) is 18.1 Å². The van der Waals surface area contributed by atoms with Crippen molar-refractivity contribution >= 4 is 35.1 Å². The Morgan fingerprint density at radius 3 is 2.32 bits per heavy atom. The molecule has 0 saturated carbocycles. The van der Waals surface area contributed by atoms with E-state index >= 15 is 0 Å². The number of amides is 1.